The Morgan fingerprint density at radius 1 is 1.29 bits per heavy atom. The molecule has 2 heterocycles. The number of Topliss-reactive ketones (excluding diaryl/α,β-unsaturated/α-hetero) is 1. The predicted molar refractivity (Wildman–Crippen MR) is 81.6 cm³/mol. The van der Waals surface area contributed by atoms with E-state index < -0.39 is 0 Å². The molecule has 0 amide bonds. The molecule has 3 atom stereocenters. The number of ketones is 1. The zero-order chi connectivity index (χ0) is 14.7. The molecule has 1 saturated carbocycles. The first kappa shape index (κ1) is 14.5. The molecule has 1 aliphatic carbocycles. The molecule has 1 N–H and O–H groups in total. The van der Waals surface area contributed by atoms with E-state index in [0.717, 1.165) is 12.3 Å². The van der Waals surface area contributed by atoms with Crippen molar-refractivity contribution in [3.63, 3.8) is 0 Å². The molecule has 2 aliphatic rings. The van der Waals surface area contributed by atoms with E-state index in [9.17, 15) is 4.79 Å². The predicted octanol–water partition coefficient (Wildman–Crippen LogP) is 2.97. The van der Waals surface area contributed by atoms with Crippen molar-refractivity contribution in [3.05, 3.63) is 24.0 Å². The Bertz CT molecular complexity index is 503. The van der Waals surface area contributed by atoms with Gasteiger partial charge in [0, 0.05) is 17.8 Å². The lowest BCUT2D eigenvalue weighted by molar-refractivity contribution is 0.0860. The number of pyridine rings is 1. The van der Waals surface area contributed by atoms with Gasteiger partial charge in [0.25, 0.3) is 0 Å². The van der Waals surface area contributed by atoms with Crippen molar-refractivity contribution in [2.45, 2.75) is 57.5 Å². The fourth-order valence-electron chi connectivity index (χ4n) is 3.70. The second-order valence-electron chi connectivity index (χ2n) is 6.15. The van der Waals surface area contributed by atoms with E-state index >= 15 is 0 Å². The van der Waals surface area contributed by atoms with Crippen LogP contribution in [0, 0.1) is 5.92 Å². The van der Waals surface area contributed by atoms with Crippen molar-refractivity contribution in [2.24, 2.45) is 5.92 Å². The summed E-state index contributed by atoms with van der Waals surface area (Å²) < 4.78 is 5.43. The third-order valence-electron chi connectivity index (χ3n) is 4.78. The second-order valence-corrected chi connectivity index (χ2v) is 6.15. The van der Waals surface area contributed by atoms with Crippen molar-refractivity contribution in [1.82, 2.24) is 10.3 Å². The standard InChI is InChI=1S/C17H24N2O2/c1-2-21-14-9-13(10-18-11-14)17(20)16-8-7-12-5-3-4-6-15(12)19-16/h9-12,15-16,19H,2-8H2,1H3. The van der Waals surface area contributed by atoms with Crippen LogP contribution >= 0.6 is 0 Å². The number of carbonyl (C=O) groups is 1. The average molecular weight is 288 g/mol. The minimum atomic E-state index is -0.0528. The normalized spacial score (nSPS) is 28.7. The summed E-state index contributed by atoms with van der Waals surface area (Å²) in [6.07, 6.45) is 10.6. The second kappa shape index (κ2) is 6.56. The molecule has 4 heteroatoms. The summed E-state index contributed by atoms with van der Waals surface area (Å²) in [6.45, 7) is 2.52. The van der Waals surface area contributed by atoms with Gasteiger partial charge in [-0.3, -0.25) is 9.78 Å². The van der Waals surface area contributed by atoms with Crippen molar-refractivity contribution in [2.75, 3.05) is 6.61 Å². The Hall–Kier alpha value is -1.42. The SMILES string of the molecule is CCOc1cncc(C(=O)C2CCC3CCCCC3N2)c1. The summed E-state index contributed by atoms with van der Waals surface area (Å²) >= 11 is 0. The molecule has 0 spiro atoms. The smallest absolute Gasteiger partial charge is 0.181 e. The molecule has 1 saturated heterocycles. The molecule has 1 aromatic rings. The number of aromatic nitrogens is 1. The Morgan fingerprint density at radius 2 is 2.14 bits per heavy atom. The third-order valence-corrected chi connectivity index (χ3v) is 4.78. The lowest BCUT2D eigenvalue weighted by Crippen LogP contribution is -2.52. The highest BCUT2D eigenvalue weighted by Gasteiger charge is 2.34. The van der Waals surface area contributed by atoms with E-state index in [1.807, 2.05) is 13.0 Å². The highest BCUT2D eigenvalue weighted by Crippen LogP contribution is 2.33. The highest BCUT2D eigenvalue weighted by atomic mass is 16.5. The molecule has 3 unspecified atom stereocenters. The number of hydrogen-bond donors (Lipinski definition) is 1. The molecule has 2 fully saturated rings. The number of ether oxygens (including phenoxy) is 1. The topological polar surface area (TPSA) is 51.2 Å². The van der Waals surface area contributed by atoms with Crippen LogP contribution in [-0.4, -0.2) is 29.5 Å². The quantitative estimate of drug-likeness (QED) is 0.865. The van der Waals surface area contributed by atoms with E-state index in [1.54, 1.807) is 12.4 Å². The van der Waals surface area contributed by atoms with Gasteiger partial charge in [-0.25, -0.2) is 0 Å². The van der Waals surface area contributed by atoms with E-state index in [2.05, 4.69) is 10.3 Å². The van der Waals surface area contributed by atoms with Gasteiger partial charge in [-0.2, -0.15) is 0 Å². The zero-order valence-corrected chi connectivity index (χ0v) is 12.7. The van der Waals surface area contributed by atoms with Gasteiger partial charge < -0.3 is 10.1 Å². The molecule has 1 aliphatic heterocycles. The molecule has 1 aromatic heterocycles. The minimum Gasteiger partial charge on any atom is -0.492 e. The lowest BCUT2D eigenvalue weighted by Gasteiger charge is -2.40. The van der Waals surface area contributed by atoms with Crippen LogP contribution in [0.5, 0.6) is 5.75 Å². The van der Waals surface area contributed by atoms with Crippen LogP contribution in [0.2, 0.25) is 0 Å². The van der Waals surface area contributed by atoms with Gasteiger partial charge in [0.15, 0.2) is 5.78 Å². The number of fused-ring (bicyclic) bond motifs is 1. The van der Waals surface area contributed by atoms with Crippen LogP contribution in [-0.2, 0) is 0 Å². The number of nitrogens with one attached hydrogen (secondary N) is 1. The molecular weight excluding hydrogens is 264 g/mol. The van der Waals surface area contributed by atoms with Crippen LogP contribution in [0.25, 0.3) is 0 Å². The Balaban J connectivity index is 1.68. The third kappa shape index (κ3) is 3.26. The Kier molecular flexibility index (Phi) is 4.54. The molecular formula is C17H24N2O2. The van der Waals surface area contributed by atoms with Gasteiger partial charge in [-0.05, 0) is 44.6 Å². The Labute approximate surface area is 126 Å². The summed E-state index contributed by atoms with van der Waals surface area (Å²) in [4.78, 5) is 16.8. The molecule has 114 valence electrons. The first-order valence-electron chi connectivity index (χ1n) is 8.16. The number of rotatable bonds is 4. The summed E-state index contributed by atoms with van der Waals surface area (Å²) in [5, 5.41) is 3.59. The molecule has 0 aromatic carbocycles. The van der Waals surface area contributed by atoms with Gasteiger partial charge in [-0.1, -0.05) is 12.8 Å². The van der Waals surface area contributed by atoms with Gasteiger partial charge in [0.05, 0.1) is 18.8 Å². The fourth-order valence-corrected chi connectivity index (χ4v) is 3.70. The number of piperidine rings is 1. The largest absolute Gasteiger partial charge is 0.492 e. The van der Waals surface area contributed by atoms with Crippen molar-refractivity contribution < 1.29 is 9.53 Å². The summed E-state index contributed by atoms with van der Waals surface area (Å²) in [6, 6.07) is 2.29. The molecule has 0 radical (unpaired) electrons. The van der Waals surface area contributed by atoms with Crippen LogP contribution in [0.4, 0.5) is 0 Å². The zero-order valence-electron chi connectivity index (χ0n) is 12.7. The van der Waals surface area contributed by atoms with E-state index in [1.165, 1.54) is 32.1 Å². The first-order chi connectivity index (χ1) is 10.3. The van der Waals surface area contributed by atoms with Crippen LogP contribution in [0.15, 0.2) is 18.5 Å². The fraction of sp³-hybridized carbons (Fsp3) is 0.647. The van der Waals surface area contributed by atoms with Crippen molar-refractivity contribution >= 4 is 5.78 Å². The van der Waals surface area contributed by atoms with E-state index in [4.69, 9.17) is 4.74 Å². The van der Waals surface area contributed by atoms with Crippen molar-refractivity contribution in [3.8, 4) is 5.75 Å². The first-order valence-corrected chi connectivity index (χ1v) is 8.16. The number of hydrogen-bond acceptors (Lipinski definition) is 4. The minimum absolute atomic E-state index is 0.0528. The summed E-state index contributed by atoms with van der Waals surface area (Å²) in [5.74, 6) is 1.61. The van der Waals surface area contributed by atoms with E-state index in [0.29, 0.717) is 24.0 Å². The van der Waals surface area contributed by atoms with Crippen LogP contribution in [0.1, 0.15) is 55.8 Å². The molecule has 0 bridgehead atoms. The maximum atomic E-state index is 12.7. The molecule has 21 heavy (non-hydrogen) atoms. The highest BCUT2D eigenvalue weighted by molar-refractivity contribution is 6.00. The molecule has 3 rings (SSSR count). The van der Waals surface area contributed by atoms with Crippen molar-refractivity contribution in [1.29, 1.82) is 0 Å². The maximum Gasteiger partial charge on any atom is 0.181 e. The number of carbonyl (C=O) groups excluding carboxylic acids is 1. The van der Waals surface area contributed by atoms with Gasteiger partial charge in [0.2, 0.25) is 0 Å². The molecule has 4 nitrogen and oxygen atoms in total. The summed E-state index contributed by atoms with van der Waals surface area (Å²) in [5.41, 5.74) is 0.660. The average Bonchev–Trinajstić information content (AvgIpc) is 2.54. The lowest BCUT2D eigenvalue weighted by atomic mass is 9.77. The maximum absolute atomic E-state index is 12.7. The Morgan fingerprint density at radius 3 is 3.00 bits per heavy atom. The number of nitrogens with zero attached hydrogens (tertiary/aromatic N) is 1. The van der Waals surface area contributed by atoms with Crippen LogP contribution in [0.3, 0.4) is 0 Å². The van der Waals surface area contributed by atoms with E-state index in [-0.39, 0.29) is 11.8 Å². The summed E-state index contributed by atoms with van der Waals surface area (Å²) in [7, 11) is 0. The van der Waals surface area contributed by atoms with Gasteiger partial charge in [0.1, 0.15) is 5.75 Å². The van der Waals surface area contributed by atoms with Gasteiger partial charge >= 0.3 is 0 Å². The van der Waals surface area contributed by atoms with Crippen LogP contribution < -0.4 is 10.1 Å². The monoisotopic (exact) mass is 288 g/mol. The van der Waals surface area contributed by atoms with Gasteiger partial charge in [-0.15, -0.1) is 0 Å².